The van der Waals surface area contributed by atoms with Crippen LogP contribution < -0.4 is 0 Å². The summed E-state index contributed by atoms with van der Waals surface area (Å²) < 4.78 is 4.65. The highest BCUT2D eigenvalue weighted by atomic mass is 32.1. The van der Waals surface area contributed by atoms with Gasteiger partial charge in [0.25, 0.3) is 0 Å². The van der Waals surface area contributed by atoms with E-state index in [1.165, 1.54) is 20.2 Å². The van der Waals surface area contributed by atoms with E-state index in [-0.39, 0.29) is 0 Å². The summed E-state index contributed by atoms with van der Waals surface area (Å²) in [6.45, 7) is 0. The largest absolute Gasteiger partial charge is 0.309 e. The highest BCUT2D eigenvalue weighted by Crippen LogP contribution is 2.42. The van der Waals surface area contributed by atoms with Gasteiger partial charge in [0, 0.05) is 53.2 Å². The fraction of sp³-hybridized carbons (Fsp3) is 0. The molecule has 0 saturated heterocycles. The molecular weight excluding hydrogens is 655 g/mol. The molecule has 3 aromatic heterocycles. The summed E-state index contributed by atoms with van der Waals surface area (Å²) in [6.07, 6.45) is 0. The van der Waals surface area contributed by atoms with Crippen LogP contribution in [-0.4, -0.2) is 19.5 Å². The zero-order chi connectivity index (χ0) is 34.6. The van der Waals surface area contributed by atoms with Crippen LogP contribution in [0.2, 0.25) is 0 Å². The first-order chi connectivity index (χ1) is 25.7. The molecule has 242 valence electrons. The Morgan fingerprint density at radius 1 is 0.442 bits per heavy atom. The summed E-state index contributed by atoms with van der Waals surface area (Å²) in [6, 6.07) is 58.6. The zero-order valence-electron chi connectivity index (χ0n) is 27.7. The molecule has 0 atom stereocenters. The number of aromatic nitrogens is 4. The number of nitrogens with zero attached hydrogens (tertiary/aromatic N) is 5. The molecule has 10 aromatic rings. The molecule has 0 aliphatic heterocycles. The number of hydrogen-bond acceptors (Lipinski definition) is 5. The van der Waals surface area contributed by atoms with Crippen LogP contribution in [0.5, 0.6) is 0 Å². The summed E-state index contributed by atoms with van der Waals surface area (Å²) >= 11 is 1.76. The second-order valence-corrected chi connectivity index (χ2v) is 13.8. The molecule has 6 heteroatoms. The number of para-hydroxylation sites is 2. The van der Waals surface area contributed by atoms with Crippen LogP contribution in [-0.2, 0) is 0 Å². The van der Waals surface area contributed by atoms with E-state index in [0.29, 0.717) is 23.0 Å². The van der Waals surface area contributed by atoms with Gasteiger partial charge in [0.05, 0.1) is 28.4 Å². The maximum absolute atomic E-state index is 10.5. The maximum Gasteiger partial charge on any atom is 0.164 e. The first-order valence-electron chi connectivity index (χ1n) is 17.1. The summed E-state index contributed by atoms with van der Waals surface area (Å²) in [4.78, 5) is 14.9. The first-order valence-corrected chi connectivity index (χ1v) is 17.9. The molecule has 0 fully saturated rings. The number of hydrogen-bond donors (Lipinski definition) is 0. The minimum Gasteiger partial charge on any atom is -0.309 e. The van der Waals surface area contributed by atoms with Crippen LogP contribution in [0.1, 0.15) is 5.56 Å². The number of rotatable bonds is 5. The molecule has 0 saturated carbocycles. The monoisotopic (exact) mass is 681 g/mol. The van der Waals surface area contributed by atoms with Gasteiger partial charge in [-0.25, -0.2) is 15.0 Å². The Balaban J connectivity index is 1.17. The van der Waals surface area contributed by atoms with Gasteiger partial charge in [-0.05, 0) is 60.2 Å². The lowest BCUT2D eigenvalue weighted by Crippen LogP contribution is -2.00. The van der Waals surface area contributed by atoms with Crippen molar-refractivity contribution >= 4 is 53.3 Å². The van der Waals surface area contributed by atoms with E-state index < -0.39 is 0 Å². The van der Waals surface area contributed by atoms with Crippen LogP contribution in [0.15, 0.2) is 164 Å². The van der Waals surface area contributed by atoms with Crippen molar-refractivity contribution in [1.82, 2.24) is 19.5 Å². The average Bonchev–Trinajstić information content (AvgIpc) is 3.76. The van der Waals surface area contributed by atoms with Crippen molar-refractivity contribution in [2.45, 2.75) is 0 Å². The van der Waals surface area contributed by atoms with Crippen molar-refractivity contribution in [3.05, 3.63) is 169 Å². The molecule has 7 aromatic carbocycles. The normalized spacial score (nSPS) is 11.4. The highest BCUT2D eigenvalue weighted by molar-refractivity contribution is 7.25. The minimum absolute atomic E-state index is 0.619. The van der Waals surface area contributed by atoms with Crippen molar-refractivity contribution < 1.29 is 0 Å². The van der Waals surface area contributed by atoms with Crippen molar-refractivity contribution in [3.8, 4) is 57.0 Å². The Labute approximate surface area is 303 Å². The standard InChI is InChI=1S/C46H27N5S/c47-28-33-16-11-21-40(51-38-19-9-7-17-34(38)35-18-8-10-20-39(35)51)43(33)31-22-24-41-36(26-31)37-27-32(23-25-42(37)52-41)46-49-44(29-12-3-1-4-13-29)48-45(50-46)30-14-5-2-6-15-30/h1-27H. The quantitative estimate of drug-likeness (QED) is 0.181. The van der Waals surface area contributed by atoms with Crippen molar-refractivity contribution in [2.24, 2.45) is 0 Å². The predicted octanol–water partition coefficient (Wildman–Crippen LogP) is 11.9. The lowest BCUT2D eigenvalue weighted by atomic mass is 9.96. The molecule has 10 rings (SSSR count). The molecule has 0 N–H and O–H groups in total. The molecule has 0 amide bonds. The van der Waals surface area contributed by atoms with Gasteiger partial charge in [0.1, 0.15) is 0 Å². The van der Waals surface area contributed by atoms with E-state index in [2.05, 4.69) is 102 Å². The lowest BCUT2D eigenvalue weighted by Gasteiger charge is -2.15. The SMILES string of the molecule is N#Cc1cccc(-n2c3ccccc3c3ccccc32)c1-c1ccc2sc3ccc(-c4nc(-c5ccccc5)nc(-c5ccccc5)n4)cc3c2c1. The summed E-state index contributed by atoms with van der Waals surface area (Å²) in [5.74, 6) is 1.88. The Morgan fingerprint density at radius 3 is 1.52 bits per heavy atom. The van der Waals surface area contributed by atoms with E-state index in [1.54, 1.807) is 11.3 Å². The van der Waals surface area contributed by atoms with E-state index in [0.717, 1.165) is 55.3 Å². The second-order valence-electron chi connectivity index (χ2n) is 12.7. The van der Waals surface area contributed by atoms with Gasteiger partial charge in [-0.15, -0.1) is 11.3 Å². The number of nitriles is 1. The van der Waals surface area contributed by atoms with E-state index in [1.807, 2.05) is 72.8 Å². The van der Waals surface area contributed by atoms with Gasteiger partial charge < -0.3 is 4.57 Å². The topological polar surface area (TPSA) is 67.4 Å². The maximum atomic E-state index is 10.5. The summed E-state index contributed by atoms with van der Waals surface area (Å²) in [7, 11) is 0. The number of fused-ring (bicyclic) bond motifs is 6. The third-order valence-corrected chi connectivity index (χ3v) is 10.9. The third-order valence-electron chi connectivity index (χ3n) is 9.70. The third kappa shape index (κ3) is 4.87. The molecule has 5 nitrogen and oxygen atoms in total. The Morgan fingerprint density at radius 2 is 0.942 bits per heavy atom. The smallest absolute Gasteiger partial charge is 0.164 e. The lowest BCUT2D eigenvalue weighted by molar-refractivity contribution is 1.07. The molecule has 0 spiro atoms. The van der Waals surface area contributed by atoms with Crippen LogP contribution >= 0.6 is 11.3 Å². The molecule has 52 heavy (non-hydrogen) atoms. The van der Waals surface area contributed by atoms with Crippen molar-refractivity contribution in [3.63, 3.8) is 0 Å². The van der Waals surface area contributed by atoms with Gasteiger partial charge in [0.2, 0.25) is 0 Å². The van der Waals surface area contributed by atoms with Crippen LogP contribution in [0.3, 0.4) is 0 Å². The molecule has 0 unspecified atom stereocenters. The first kappa shape index (κ1) is 29.9. The van der Waals surface area contributed by atoms with E-state index in [4.69, 9.17) is 15.0 Å². The van der Waals surface area contributed by atoms with Crippen molar-refractivity contribution in [1.29, 1.82) is 5.26 Å². The van der Waals surface area contributed by atoms with Crippen LogP contribution in [0.4, 0.5) is 0 Å². The Hall–Kier alpha value is -6.94. The zero-order valence-corrected chi connectivity index (χ0v) is 28.5. The molecule has 0 bridgehead atoms. The van der Waals surface area contributed by atoms with Crippen LogP contribution in [0, 0.1) is 11.3 Å². The van der Waals surface area contributed by atoms with Crippen LogP contribution in [0.25, 0.3) is 93.0 Å². The number of benzene rings is 7. The molecular formula is C46H27N5S. The van der Waals surface area contributed by atoms with E-state index >= 15 is 0 Å². The Bertz CT molecular complexity index is 2920. The van der Waals surface area contributed by atoms with Gasteiger partial charge in [0.15, 0.2) is 17.5 Å². The fourth-order valence-electron chi connectivity index (χ4n) is 7.31. The highest BCUT2D eigenvalue weighted by Gasteiger charge is 2.19. The molecule has 0 aliphatic rings. The van der Waals surface area contributed by atoms with Gasteiger partial charge in [-0.3, -0.25) is 0 Å². The molecule has 3 heterocycles. The Kier molecular flexibility index (Phi) is 6.98. The second kappa shape index (κ2) is 12.1. The van der Waals surface area contributed by atoms with Gasteiger partial charge in [-0.2, -0.15) is 5.26 Å². The summed E-state index contributed by atoms with van der Waals surface area (Å²) in [5.41, 5.74) is 8.50. The summed E-state index contributed by atoms with van der Waals surface area (Å²) in [5, 5.41) is 15.1. The molecule has 0 radical (unpaired) electrons. The van der Waals surface area contributed by atoms with Gasteiger partial charge in [-0.1, -0.05) is 109 Å². The van der Waals surface area contributed by atoms with Gasteiger partial charge >= 0.3 is 0 Å². The van der Waals surface area contributed by atoms with E-state index in [9.17, 15) is 5.26 Å². The average molecular weight is 682 g/mol. The fourth-order valence-corrected chi connectivity index (χ4v) is 8.38. The van der Waals surface area contributed by atoms with Crippen molar-refractivity contribution in [2.75, 3.05) is 0 Å². The molecule has 0 aliphatic carbocycles. The predicted molar refractivity (Wildman–Crippen MR) is 214 cm³/mol. The number of thiophene rings is 1. The minimum atomic E-state index is 0.619.